The van der Waals surface area contributed by atoms with Crippen molar-refractivity contribution in [3.05, 3.63) is 22.1 Å². The molecule has 3 N–H and O–H groups in total. The molecular formula is C12H15N4O5-. The SMILES string of the molecule is CC(=O)CC[C@@H](NC(=O)Nc1nc(C)cc(=O)[nH]1)C(=O)[O-]. The van der Waals surface area contributed by atoms with Gasteiger partial charge in [0.15, 0.2) is 0 Å². The Kier molecular flexibility index (Phi) is 5.58. The van der Waals surface area contributed by atoms with Gasteiger partial charge >= 0.3 is 6.03 Å². The van der Waals surface area contributed by atoms with E-state index >= 15 is 0 Å². The molecule has 0 saturated carbocycles. The number of rotatable bonds is 6. The summed E-state index contributed by atoms with van der Waals surface area (Å²) >= 11 is 0. The highest BCUT2D eigenvalue weighted by atomic mass is 16.4. The Labute approximate surface area is 119 Å². The molecule has 114 valence electrons. The predicted molar refractivity (Wildman–Crippen MR) is 70.5 cm³/mol. The summed E-state index contributed by atoms with van der Waals surface area (Å²) in [6.07, 6.45) is -0.0820. The third-order valence-corrected chi connectivity index (χ3v) is 2.48. The van der Waals surface area contributed by atoms with Crippen molar-refractivity contribution in [2.45, 2.75) is 32.7 Å². The molecule has 1 rings (SSSR count). The molecule has 21 heavy (non-hydrogen) atoms. The van der Waals surface area contributed by atoms with Crippen LogP contribution >= 0.6 is 0 Å². The lowest BCUT2D eigenvalue weighted by molar-refractivity contribution is -0.308. The number of nitrogens with zero attached hydrogens (tertiary/aromatic N) is 1. The number of nitrogens with one attached hydrogen (secondary N) is 3. The molecule has 0 aliphatic heterocycles. The fourth-order valence-electron chi connectivity index (χ4n) is 1.54. The quantitative estimate of drug-likeness (QED) is 0.594. The highest BCUT2D eigenvalue weighted by Gasteiger charge is 2.15. The van der Waals surface area contributed by atoms with E-state index in [1.165, 1.54) is 13.0 Å². The second-order valence-corrected chi connectivity index (χ2v) is 4.45. The van der Waals surface area contributed by atoms with Gasteiger partial charge in [-0.15, -0.1) is 0 Å². The van der Waals surface area contributed by atoms with Gasteiger partial charge in [-0.25, -0.2) is 9.78 Å². The molecule has 0 radical (unpaired) electrons. The summed E-state index contributed by atoms with van der Waals surface area (Å²) in [5.74, 6) is -1.81. The van der Waals surface area contributed by atoms with Crippen LogP contribution in [0.25, 0.3) is 0 Å². The zero-order chi connectivity index (χ0) is 16.0. The van der Waals surface area contributed by atoms with Crippen LogP contribution in [0.1, 0.15) is 25.5 Å². The van der Waals surface area contributed by atoms with E-state index in [9.17, 15) is 24.3 Å². The molecule has 0 spiro atoms. The monoisotopic (exact) mass is 295 g/mol. The maximum atomic E-state index is 11.6. The Morgan fingerprint density at radius 1 is 1.43 bits per heavy atom. The molecule has 9 heteroatoms. The predicted octanol–water partition coefficient (Wildman–Crippen LogP) is -1.31. The smallest absolute Gasteiger partial charge is 0.322 e. The van der Waals surface area contributed by atoms with Crippen molar-refractivity contribution < 1.29 is 19.5 Å². The van der Waals surface area contributed by atoms with E-state index in [0.29, 0.717) is 5.69 Å². The Hall–Kier alpha value is -2.71. The van der Waals surface area contributed by atoms with Crippen molar-refractivity contribution >= 4 is 23.7 Å². The summed E-state index contributed by atoms with van der Waals surface area (Å²) in [6.45, 7) is 2.88. The second-order valence-electron chi connectivity index (χ2n) is 4.45. The molecule has 1 heterocycles. The Morgan fingerprint density at radius 2 is 2.10 bits per heavy atom. The molecule has 0 fully saturated rings. The highest BCUT2D eigenvalue weighted by Crippen LogP contribution is 2.00. The van der Waals surface area contributed by atoms with Gasteiger partial charge in [0.2, 0.25) is 5.95 Å². The number of aromatic nitrogens is 2. The summed E-state index contributed by atoms with van der Waals surface area (Å²) in [6, 6.07) is -0.952. The minimum atomic E-state index is -1.50. The molecule has 0 unspecified atom stereocenters. The third kappa shape index (κ3) is 5.85. The summed E-state index contributed by atoms with van der Waals surface area (Å²) in [7, 11) is 0. The number of carbonyl (C=O) groups is 3. The molecule has 0 aliphatic rings. The standard InChI is InChI=1S/C12H16N4O5/c1-6-5-9(18)15-11(13-6)16-12(21)14-8(10(19)20)4-3-7(2)17/h5,8H,3-4H2,1-2H3,(H,19,20)(H3,13,14,15,16,18,21)/p-1/t8-/m1/s1. The molecule has 0 aliphatic carbocycles. The first-order valence-corrected chi connectivity index (χ1v) is 6.13. The average Bonchev–Trinajstić information content (AvgIpc) is 2.32. The number of aromatic amines is 1. The highest BCUT2D eigenvalue weighted by molar-refractivity contribution is 5.90. The van der Waals surface area contributed by atoms with E-state index in [-0.39, 0.29) is 24.6 Å². The number of hydrogen-bond acceptors (Lipinski definition) is 6. The zero-order valence-corrected chi connectivity index (χ0v) is 11.6. The maximum absolute atomic E-state index is 11.6. The van der Waals surface area contributed by atoms with E-state index in [2.05, 4.69) is 20.6 Å². The molecule has 1 atom stereocenters. The number of aryl methyl sites for hydroxylation is 1. The summed E-state index contributed by atoms with van der Waals surface area (Å²) in [5, 5.41) is 15.2. The van der Waals surface area contributed by atoms with Crippen LogP contribution in [0, 0.1) is 6.92 Å². The molecule has 1 aromatic rings. The van der Waals surface area contributed by atoms with Crippen LogP contribution in [-0.2, 0) is 9.59 Å². The third-order valence-electron chi connectivity index (χ3n) is 2.48. The molecule has 0 aromatic carbocycles. The van der Waals surface area contributed by atoms with Gasteiger partial charge in [0.25, 0.3) is 5.56 Å². The minimum Gasteiger partial charge on any atom is -0.548 e. The van der Waals surface area contributed by atoms with Gasteiger partial charge in [-0.1, -0.05) is 0 Å². The van der Waals surface area contributed by atoms with E-state index in [0.717, 1.165) is 0 Å². The number of hydrogen-bond donors (Lipinski definition) is 3. The lowest BCUT2D eigenvalue weighted by Crippen LogP contribution is -2.49. The number of anilines is 1. The number of ketones is 1. The van der Waals surface area contributed by atoms with Crippen LogP contribution in [0.5, 0.6) is 0 Å². The van der Waals surface area contributed by atoms with Crippen molar-refractivity contribution in [1.29, 1.82) is 0 Å². The Bertz CT molecular complexity index is 610. The Balaban J connectivity index is 2.67. The molecule has 1 aromatic heterocycles. The van der Waals surface area contributed by atoms with Crippen molar-refractivity contribution in [3.63, 3.8) is 0 Å². The molecule has 9 nitrogen and oxygen atoms in total. The summed E-state index contributed by atoms with van der Waals surface area (Å²) in [5.41, 5.74) is -0.0621. The van der Waals surface area contributed by atoms with E-state index < -0.39 is 23.6 Å². The van der Waals surface area contributed by atoms with Gasteiger partial charge in [-0.05, 0) is 20.3 Å². The zero-order valence-electron chi connectivity index (χ0n) is 11.6. The van der Waals surface area contributed by atoms with E-state index in [1.807, 2.05) is 0 Å². The number of H-pyrrole nitrogens is 1. The van der Waals surface area contributed by atoms with Crippen LogP contribution in [0.3, 0.4) is 0 Å². The number of amides is 2. The van der Waals surface area contributed by atoms with Gasteiger partial charge < -0.3 is 20.0 Å². The van der Waals surface area contributed by atoms with Crippen molar-refractivity contribution in [3.8, 4) is 0 Å². The largest absolute Gasteiger partial charge is 0.548 e. The maximum Gasteiger partial charge on any atom is 0.322 e. The van der Waals surface area contributed by atoms with Crippen molar-refractivity contribution in [2.75, 3.05) is 5.32 Å². The van der Waals surface area contributed by atoms with Crippen LogP contribution in [0.4, 0.5) is 10.7 Å². The fourth-order valence-corrected chi connectivity index (χ4v) is 1.54. The topological polar surface area (TPSA) is 144 Å². The first-order chi connectivity index (χ1) is 9.77. The molecule has 0 saturated heterocycles. The number of carboxylic acids is 1. The van der Waals surface area contributed by atoms with Crippen LogP contribution in [0.2, 0.25) is 0 Å². The molecule has 0 bridgehead atoms. The van der Waals surface area contributed by atoms with Crippen LogP contribution < -0.4 is 21.3 Å². The first kappa shape index (κ1) is 16.3. The van der Waals surface area contributed by atoms with Crippen LogP contribution in [-0.4, -0.2) is 33.8 Å². The average molecular weight is 295 g/mol. The number of carboxylic acid groups (broad SMARTS) is 1. The molecule has 2 amide bonds. The van der Waals surface area contributed by atoms with Crippen molar-refractivity contribution in [2.24, 2.45) is 0 Å². The van der Waals surface area contributed by atoms with Gasteiger partial charge in [0, 0.05) is 18.2 Å². The minimum absolute atomic E-state index is 0.00153. The number of Topliss-reactive ketones (excluding diaryl/α,β-unsaturated/α-hetero) is 1. The van der Waals surface area contributed by atoms with Gasteiger partial charge in [0.1, 0.15) is 5.78 Å². The fraction of sp³-hybridized carbons (Fsp3) is 0.417. The first-order valence-electron chi connectivity index (χ1n) is 6.13. The summed E-state index contributed by atoms with van der Waals surface area (Å²) in [4.78, 5) is 50.7. The lowest BCUT2D eigenvalue weighted by atomic mass is 10.1. The lowest BCUT2D eigenvalue weighted by Gasteiger charge is -2.19. The number of urea groups is 1. The van der Waals surface area contributed by atoms with E-state index in [1.54, 1.807) is 6.92 Å². The molecular weight excluding hydrogens is 280 g/mol. The number of aliphatic carboxylic acids is 1. The second kappa shape index (κ2) is 7.17. The van der Waals surface area contributed by atoms with E-state index in [4.69, 9.17) is 0 Å². The van der Waals surface area contributed by atoms with Gasteiger partial charge in [-0.2, -0.15) is 0 Å². The normalized spacial score (nSPS) is 11.5. The Morgan fingerprint density at radius 3 is 2.62 bits per heavy atom. The van der Waals surface area contributed by atoms with Crippen molar-refractivity contribution in [1.82, 2.24) is 15.3 Å². The van der Waals surface area contributed by atoms with Gasteiger partial charge in [0.05, 0.1) is 12.0 Å². The summed E-state index contributed by atoms with van der Waals surface area (Å²) < 4.78 is 0. The van der Waals surface area contributed by atoms with Crippen LogP contribution in [0.15, 0.2) is 10.9 Å². The van der Waals surface area contributed by atoms with Gasteiger partial charge in [-0.3, -0.25) is 15.1 Å². The number of carbonyl (C=O) groups excluding carboxylic acids is 3.